The predicted octanol–water partition coefficient (Wildman–Crippen LogP) is 1.83. The minimum Gasteiger partial charge on any atom is -0.379 e. The van der Waals surface area contributed by atoms with Gasteiger partial charge in [-0.1, -0.05) is 6.07 Å². The third-order valence-corrected chi connectivity index (χ3v) is 4.10. The highest BCUT2D eigenvalue weighted by Crippen LogP contribution is 2.19. The van der Waals surface area contributed by atoms with E-state index in [2.05, 4.69) is 29.2 Å². The van der Waals surface area contributed by atoms with Crippen LogP contribution in [-0.2, 0) is 20.7 Å². The van der Waals surface area contributed by atoms with Gasteiger partial charge >= 0.3 is 0 Å². The number of nitrogens with one attached hydrogen (secondary N) is 1. The summed E-state index contributed by atoms with van der Waals surface area (Å²) in [7, 11) is 1.55. The molecule has 22 heavy (non-hydrogen) atoms. The molecule has 1 N–H and O–H groups in total. The third kappa shape index (κ3) is 3.48. The zero-order valence-electron chi connectivity index (χ0n) is 12.9. The van der Waals surface area contributed by atoms with Gasteiger partial charge < -0.3 is 19.4 Å². The molecular formula is C17H22N2O3. The van der Waals surface area contributed by atoms with E-state index in [-0.39, 0.29) is 12.5 Å². The molecule has 1 amide bonds. The zero-order valence-corrected chi connectivity index (χ0v) is 12.9. The minimum atomic E-state index is 0.0408. The molecule has 2 heterocycles. The Morgan fingerprint density at radius 3 is 3.23 bits per heavy atom. The molecule has 5 nitrogen and oxygen atoms in total. The van der Waals surface area contributed by atoms with Crippen LogP contribution in [0.1, 0.15) is 5.56 Å². The lowest BCUT2D eigenvalue weighted by Crippen LogP contribution is -2.38. The summed E-state index contributed by atoms with van der Waals surface area (Å²) in [6.07, 6.45) is 2.87. The van der Waals surface area contributed by atoms with Crippen molar-refractivity contribution in [2.75, 3.05) is 40.0 Å². The lowest BCUT2D eigenvalue weighted by molar-refractivity contribution is -0.135. The van der Waals surface area contributed by atoms with Gasteiger partial charge in [0.2, 0.25) is 5.91 Å². The number of nitrogens with zero attached hydrogens (tertiary/aromatic N) is 1. The number of hydrogen-bond donors (Lipinski definition) is 1. The van der Waals surface area contributed by atoms with Crippen LogP contribution in [0.25, 0.3) is 10.9 Å². The number of fused-ring (bicyclic) bond motifs is 1. The van der Waals surface area contributed by atoms with Gasteiger partial charge in [-0.05, 0) is 35.6 Å². The summed E-state index contributed by atoms with van der Waals surface area (Å²) in [6.45, 7) is 2.82. The average Bonchev–Trinajstić information content (AvgIpc) is 2.85. The molecule has 1 aromatic carbocycles. The topological polar surface area (TPSA) is 54.6 Å². The maximum Gasteiger partial charge on any atom is 0.248 e. The number of methoxy groups -OCH3 is 1. The number of carbonyl (C=O) groups excluding carboxylic acids is 1. The van der Waals surface area contributed by atoms with Gasteiger partial charge in [0.15, 0.2) is 0 Å². The molecule has 1 aliphatic rings. The van der Waals surface area contributed by atoms with E-state index in [9.17, 15) is 4.79 Å². The van der Waals surface area contributed by atoms with Crippen molar-refractivity contribution in [2.24, 2.45) is 5.92 Å². The lowest BCUT2D eigenvalue weighted by atomic mass is 9.98. The van der Waals surface area contributed by atoms with Gasteiger partial charge in [-0.3, -0.25) is 4.79 Å². The summed E-state index contributed by atoms with van der Waals surface area (Å²) in [5, 5.41) is 1.22. The average molecular weight is 302 g/mol. The Morgan fingerprint density at radius 2 is 2.36 bits per heavy atom. The van der Waals surface area contributed by atoms with Gasteiger partial charge in [0, 0.05) is 37.8 Å². The largest absolute Gasteiger partial charge is 0.379 e. The van der Waals surface area contributed by atoms with Crippen LogP contribution < -0.4 is 0 Å². The molecule has 118 valence electrons. The van der Waals surface area contributed by atoms with Crippen molar-refractivity contribution in [3.8, 4) is 0 Å². The highest BCUT2D eigenvalue weighted by molar-refractivity contribution is 5.80. The number of aromatic amines is 1. The number of carbonyl (C=O) groups is 1. The Kier molecular flexibility index (Phi) is 4.75. The monoisotopic (exact) mass is 302 g/mol. The fourth-order valence-corrected chi connectivity index (χ4v) is 3.01. The van der Waals surface area contributed by atoms with Crippen LogP contribution in [0.15, 0.2) is 30.5 Å². The molecule has 1 atom stereocenters. The van der Waals surface area contributed by atoms with Gasteiger partial charge in [0.1, 0.15) is 6.61 Å². The van der Waals surface area contributed by atoms with Crippen molar-refractivity contribution >= 4 is 16.8 Å². The Labute approximate surface area is 130 Å². The predicted molar refractivity (Wildman–Crippen MR) is 84.8 cm³/mol. The van der Waals surface area contributed by atoms with Crippen LogP contribution in [0, 0.1) is 5.92 Å². The Bertz CT molecular complexity index is 638. The quantitative estimate of drug-likeness (QED) is 0.937. The first kappa shape index (κ1) is 15.1. The number of amides is 1. The van der Waals surface area contributed by atoms with Crippen molar-refractivity contribution in [3.63, 3.8) is 0 Å². The van der Waals surface area contributed by atoms with E-state index >= 15 is 0 Å². The summed E-state index contributed by atoms with van der Waals surface area (Å²) >= 11 is 0. The van der Waals surface area contributed by atoms with Gasteiger partial charge in [0.25, 0.3) is 0 Å². The third-order valence-electron chi connectivity index (χ3n) is 4.10. The number of H-pyrrole nitrogens is 1. The number of hydrogen-bond acceptors (Lipinski definition) is 3. The highest BCUT2D eigenvalue weighted by Gasteiger charge is 2.22. The van der Waals surface area contributed by atoms with Gasteiger partial charge in [0.05, 0.1) is 13.2 Å². The summed E-state index contributed by atoms with van der Waals surface area (Å²) in [4.78, 5) is 17.1. The molecule has 0 bridgehead atoms. The van der Waals surface area contributed by atoms with E-state index in [1.165, 1.54) is 10.9 Å². The van der Waals surface area contributed by atoms with Crippen molar-refractivity contribution in [2.45, 2.75) is 6.42 Å². The molecule has 1 aromatic heterocycles. The second kappa shape index (κ2) is 6.94. The fraction of sp³-hybridized carbons (Fsp3) is 0.471. The minimum absolute atomic E-state index is 0.0408. The van der Waals surface area contributed by atoms with Gasteiger partial charge in [-0.2, -0.15) is 0 Å². The van der Waals surface area contributed by atoms with E-state index < -0.39 is 0 Å². The van der Waals surface area contributed by atoms with Crippen molar-refractivity contribution in [3.05, 3.63) is 36.0 Å². The maximum atomic E-state index is 12.0. The molecule has 0 spiro atoms. The number of aromatic nitrogens is 1. The molecular weight excluding hydrogens is 280 g/mol. The molecule has 0 aliphatic carbocycles. The van der Waals surface area contributed by atoms with Gasteiger partial charge in [-0.25, -0.2) is 0 Å². The first-order valence-corrected chi connectivity index (χ1v) is 7.67. The Balaban J connectivity index is 1.68. The number of ether oxygens (including phenoxy) is 2. The summed E-state index contributed by atoms with van der Waals surface area (Å²) in [6, 6.07) is 8.54. The van der Waals surface area contributed by atoms with Crippen LogP contribution in [0.5, 0.6) is 0 Å². The molecule has 3 rings (SSSR count). The Hall–Kier alpha value is -1.85. The Morgan fingerprint density at radius 1 is 1.45 bits per heavy atom. The van der Waals surface area contributed by atoms with Gasteiger partial charge in [-0.15, -0.1) is 0 Å². The summed E-state index contributed by atoms with van der Waals surface area (Å²) < 4.78 is 10.6. The second-order valence-corrected chi connectivity index (χ2v) is 5.82. The standard InChI is InChI=1S/C17H22N2O3/c1-21-12-17(20)19-6-7-22-11-14(10-19)8-13-2-3-16-15(9-13)4-5-18-16/h2-5,9,14,18H,6-8,10-12H2,1H3. The molecule has 2 aromatic rings. The fourth-order valence-electron chi connectivity index (χ4n) is 3.01. The van der Waals surface area contributed by atoms with E-state index in [1.807, 2.05) is 11.1 Å². The van der Waals surface area contributed by atoms with Crippen LogP contribution in [0.4, 0.5) is 0 Å². The smallest absolute Gasteiger partial charge is 0.248 e. The first-order valence-electron chi connectivity index (χ1n) is 7.67. The van der Waals surface area contributed by atoms with Crippen LogP contribution in [0.3, 0.4) is 0 Å². The number of benzene rings is 1. The molecule has 5 heteroatoms. The van der Waals surface area contributed by atoms with Crippen LogP contribution >= 0.6 is 0 Å². The molecule has 1 saturated heterocycles. The van der Waals surface area contributed by atoms with Crippen LogP contribution in [-0.4, -0.2) is 55.8 Å². The maximum absolute atomic E-state index is 12.0. The molecule has 0 radical (unpaired) electrons. The SMILES string of the molecule is COCC(=O)N1CCOCC(Cc2ccc3[nH]ccc3c2)C1. The van der Waals surface area contributed by atoms with E-state index in [1.54, 1.807) is 7.11 Å². The van der Waals surface area contributed by atoms with Crippen molar-refractivity contribution < 1.29 is 14.3 Å². The summed E-state index contributed by atoms with van der Waals surface area (Å²) in [5.74, 6) is 0.360. The number of rotatable bonds is 4. The molecule has 0 saturated carbocycles. The normalized spacial score (nSPS) is 19.3. The van der Waals surface area contributed by atoms with Crippen LogP contribution in [0.2, 0.25) is 0 Å². The van der Waals surface area contributed by atoms with E-state index in [0.717, 1.165) is 18.5 Å². The van der Waals surface area contributed by atoms with Crippen molar-refractivity contribution in [1.29, 1.82) is 0 Å². The van der Waals surface area contributed by atoms with E-state index in [0.29, 0.717) is 25.7 Å². The second-order valence-electron chi connectivity index (χ2n) is 5.82. The molecule has 1 fully saturated rings. The highest BCUT2D eigenvalue weighted by atomic mass is 16.5. The molecule has 1 aliphatic heterocycles. The van der Waals surface area contributed by atoms with Crippen molar-refractivity contribution in [1.82, 2.24) is 9.88 Å². The lowest BCUT2D eigenvalue weighted by Gasteiger charge is -2.23. The molecule has 1 unspecified atom stereocenters. The van der Waals surface area contributed by atoms with E-state index in [4.69, 9.17) is 9.47 Å². The first-order chi connectivity index (χ1) is 10.8. The summed E-state index contributed by atoms with van der Waals surface area (Å²) in [5.41, 5.74) is 2.43. The zero-order chi connectivity index (χ0) is 15.4.